The highest BCUT2D eigenvalue weighted by Gasteiger charge is 2.32. The number of benzene rings is 1. The number of piperidine rings is 1. The van der Waals surface area contributed by atoms with Crippen molar-refractivity contribution in [2.75, 3.05) is 13.1 Å². The number of halogens is 1. The van der Waals surface area contributed by atoms with Crippen molar-refractivity contribution in [3.05, 3.63) is 29.8 Å². The van der Waals surface area contributed by atoms with Crippen molar-refractivity contribution in [1.29, 1.82) is 0 Å². The molecular weight excluding hydrogens is 328 g/mol. The van der Waals surface area contributed by atoms with Crippen molar-refractivity contribution in [2.45, 2.75) is 45.8 Å². The summed E-state index contributed by atoms with van der Waals surface area (Å²) in [7, 11) is 0. The number of carbonyl (C=O) groups excluding carboxylic acids is 2. The normalized spacial score (nSPS) is 21.6. The first-order chi connectivity index (χ1) is 10.9. The van der Waals surface area contributed by atoms with Crippen LogP contribution in [0, 0.1) is 5.92 Å². The second-order valence-electron chi connectivity index (χ2n) is 6.39. The van der Waals surface area contributed by atoms with Crippen LogP contribution in [-0.4, -0.2) is 41.8 Å². The van der Waals surface area contributed by atoms with Crippen molar-refractivity contribution < 1.29 is 14.3 Å². The second-order valence-corrected chi connectivity index (χ2v) is 6.39. The number of ether oxygens (including phenoxy) is 1. The molecule has 0 aliphatic carbocycles. The summed E-state index contributed by atoms with van der Waals surface area (Å²) in [6.07, 6.45) is 1.34. The predicted octanol–water partition coefficient (Wildman–Crippen LogP) is 2.66. The zero-order chi connectivity index (χ0) is 17.0. The average molecular weight is 355 g/mol. The van der Waals surface area contributed by atoms with E-state index in [1.165, 1.54) is 6.92 Å². The first kappa shape index (κ1) is 20.5. The molecule has 0 saturated carbocycles. The Morgan fingerprint density at radius 1 is 1.42 bits per heavy atom. The van der Waals surface area contributed by atoms with Crippen molar-refractivity contribution >= 4 is 24.1 Å². The second kappa shape index (κ2) is 9.04. The van der Waals surface area contributed by atoms with Gasteiger partial charge in [-0.1, -0.05) is 19.1 Å². The molecule has 1 aromatic rings. The summed E-state index contributed by atoms with van der Waals surface area (Å²) in [5.41, 5.74) is 6.40. The fourth-order valence-corrected chi connectivity index (χ4v) is 3.04. The van der Waals surface area contributed by atoms with Gasteiger partial charge in [0.25, 0.3) is 5.91 Å². The molecule has 1 amide bonds. The van der Waals surface area contributed by atoms with Gasteiger partial charge in [0.05, 0.1) is 0 Å². The highest BCUT2D eigenvalue weighted by molar-refractivity contribution is 5.94. The van der Waals surface area contributed by atoms with Crippen molar-refractivity contribution in [2.24, 2.45) is 11.7 Å². The van der Waals surface area contributed by atoms with E-state index in [9.17, 15) is 9.59 Å². The summed E-state index contributed by atoms with van der Waals surface area (Å²) >= 11 is 0. The van der Waals surface area contributed by atoms with Crippen LogP contribution >= 0.6 is 12.4 Å². The summed E-state index contributed by atoms with van der Waals surface area (Å²) in [5, 5.41) is 0. The lowest BCUT2D eigenvalue weighted by molar-refractivity contribution is -0.142. The largest absolute Gasteiger partial charge is 0.481 e. The highest BCUT2D eigenvalue weighted by Crippen LogP contribution is 2.23. The molecule has 1 aliphatic heterocycles. The summed E-state index contributed by atoms with van der Waals surface area (Å²) in [4.78, 5) is 26.0. The highest BCUT2D eigenvalue weighted by atomic mass is 35.5. The van der Waals surface area contributed by atoms with Gasteiger partial charge >= 0.3 is 0 Å². The number of likely N-dealkylation sites (tertiary alicyclic amines) is 1. The molecule has 134 valence electrons. The van der Waals surface area contributed by atoms with E-state index in [2.05, 4.69) is 6.92 Å². The molecular formula is C18H27ClN2O3. The Hall–Kier alpha value is -1.59. The van der Waals surface area contributed by atoms with E-state index < -0.39 is 6.10 Å². The summed E-state index contributed by atoms with van der Waals surface area (Å²) in [5.74, 6) is 1.06. The van der Waals surface area contributed by atoms with Crippen LogP contribution in [0.15, 0.2) is 24.3 Å². The van der Waals surface area contributed by atoms with E-state index in [1.807, 2.05) is 4.90 Å². The Kier molecular flexibility index (Phi) is 7.70. The molecule has 2 N–H and O–H groups in total. The van der Waals surface area contributed by atoms with E-state index in [1.54, 1.807) is 31.2 Å². The zero-order valence-electron chi connectivity index (χ0n) is 14.5. The van der Waals surface area contributed by atoms with Crippen LogP contribution in [-0.2, 0) is 4.79 Å². The maximum absolute atomic E-state index is 12.7. The number of carbonyl (C=O) groups is 2. The van der Waals surface area contributed by atoms with Crippen LogP contribution in [0.2, 0.25) is 0 Å². The molecule has 1 aromatic carbocycles. The molecule has 1 aliphatic rings. The van der Waals surface area contributed by atoms with Gasteiger partial charge in [-0.15, -0.1) is 12.4 Å². The lowest BCUT2D eigenvalue weighted by Gasteiger charge is -2.39. The minimum atomic E-state index is -0.598. The van der Waals surface area contributed by atoms with Gasteiger partial charge in [0.15, 0.2) is 11.9 Å². The first-order valence-corrected chi connectivity index (χ1v) is 8.20. The SMILES string of the molecule is CC(=O)c1cccc(OC(C)C(=O)N2CCC(C)CC2CN)c1.Cl. The van der Waals surface area contributed by atoms with E-state index in [4.69, 9.17) is 10.5 Å². The molecule has 1 heterocycles. The summed E-state index contributed by atoms with van der Waals surface area (Å²) in [6.45, 7) is 6.64. The topological polar surface area (TPSA) is 72.6 Å². The van der Waals surface area contributed by atoms with Gasteiger partial charge in [-0.05, 0) is 44.7 Å². The minimum Gasteiger partial charge on any atom is -0.481 e. The smallest absolute Gasteiger partial charge is 0.263 e. The van der Waals surface area contributed by atoms with Crippen molar-refractivity contribution in [3.63, 3.8) is 0 Å². The summed E-state index contributed by atoms with van der Waals surface area (Å²) < 4.78 is 5.76. The number of hydrogen-bond acceptors (Lipinski definition) is 4. The monoisotopic (exact) mass is 354 g/mol. The minimum absolute atomic E-state index is 0. The van der Waals surface area contributed by atoms with Crippen LogP contribution < -0.4 is 10.5 Å². The van der Waals surface area contributed by atoms with Gasteiger partial charge < -0.3 is 15.4 Å². The molecule has 0 bridgehead atoms. The van der Waals surface area contributed by atoms with Gasteiger partial charge in [0.2, 0.25) is 0 Å². The average Bonchev–Trinajstić information content (AvgIpc) is 2.54. The molecule has 0 radical (unpaired) electrons. The van der Waals surface area contributed by atoms with Crippen LogP contribution in [0.5, 0.6) is 5.75 Å². The molecule has 1 saturated heterocycles. The molecule has 2 rings (SSSR count). The quantitative estimate of drug-likeness (QED) is 0.825. The fraction of sp³-hybridized carbons (Fsp3) is 0.556. The van der Waals surface area contributed by atoms with Crippen molar-refractivity contribution in [1.82, 2.24) is 4.90 Å². The fourth-order valence-electron chi connectivity index (χ4n) is 3.04. The van der Waals surface area contributed by atoms with Crippen LogP contribution in [0.4, 0.5) is 0 Å². The molecule has 0 aromatic heterocycles. The Balaban J connectivity index is 0.00000288. The standard InChI is InChI=1S/C18H26N2O3.ClH/c1-12-7-8-20(16(9-12)11-19)18(22)14(3)23-17-6-4-5-15(10-17)13(2)21;/h4-6,10,12,14,16H,7-9,11,19H2,1-3H3;1H. The Morgan fingerprint density at radius 3 is 2.75 bits per heavy atom. The van der Waals surface area contributed by atoms with Gasteiger partial charge in [-0.2, -0.15) is 0 Å². The maximum Gasteiger partial charge on any atom is 0.263 e. The lowest BCUT2D eigenvalue weighted by Crippen LogP contribution is -2.52. The predicted molar refractivity (Wildman–Crippen MR) is 96.7 cm³/mol. The van der Waals surface area contributed by atoms with Gasteiger partial charge in [0, 0.05) is 24.7 Å². The molecule has 1 fully saturated rings. The van der Waals surface area contributed by atoms with E-state index in [0.29, 0.717) is 23.8 Å². The van der Waals surface area contributed by atoms with E-state index in [0.717, 1.165) is 19.4 Å². The molecule has 3 atom stereocenters. The van der Waals surface area contributed by atoms with Crippen LogP contribution in [0.25, 0.3) is 0 Å². The van der Waals surface area contributed by atoms with Crippen LogP contribution in [0.3, 0.4) is 0 Å². The van der Waals surface area contributed by atoms with E-state index >= 15 is 0 Å². The number of nitrogens with zero attached hydrogens (tertiary/aromatic N) is 1. The van der Waals surface area contributed by atoms with Gasteiger partial charge in [-0.25, -0.2) is 0 Å². The maximum atomic E-state index is 12.7. The Labute approximate surface area is 149 Å². The van der Waals surface area contributed by atoms with Gasteiger partial charge in [-0.3, -0.25) is 9.59 Å². The third-order valence-corrected chi connectivity index (χ3v) is 4.43. The van der Waals surface area contributed by atoms with E-state index in [-0.39, 0.29) is 30.1 Å². The number of amides is 1. The first-order valence-electron chi connectivity index (χ1n) is 8.20. The number of nitrogens with two attached hydrogens (primary N) is 1. The third kappa shape index (κ3) is 4.95. The number of Topliss-reactive ketones (excluding diaryl/α,β-unsaturated/α-hetero) is 1. The molecule has 5 nitrogen and oxygen atoms in total. The zero-order valence-corrected chi connectivity index (χ0v) is 15.3. The molecule has 3 unspecified atom stereocenters. The Bertz CT molecular complexity index is 579. The lowest BCUT2D eigenvalue weighted by atomic mass is 9.92. The molecule has 0 spiro atoms. The number of hydrogen-bond donors (Lipinski definition) is 1. The molecule has 6 heteroatoms. The Morgan fingerprint density at radius 2 is 2.12 bits per heavy atom. The summed E-state index contributed by atoms with van der Waals surface area (Å²) in [6, 6.07) is 7.01. The van der Waals surface area contributed by atoms with Crippen molar-refractivity contribution in [3.8, 4) is 5.75 Å². The number of ketones is 1. The van der Waals surface area contributed by atoms with Crippen LogP contribution in [0.1, 0.15) is 44.0 Å². The molecule has 24 heavy (non-hydrogen) atoms. The number of rotatable bonds is 5. The third-order valence-electron chi connectivity index (χ3n) is 4.43. The van der Waals surface area contributed by atoms with Gasteiger partial charge in [0.1, 0.15) is 5.75 Å².